The van der Waals surface area contributed by atoms with Crippen LogP contribution in [0.15, 0.2) is 18.5 Å². The maximum absolute atomic E-state index is 6.03. The molecule has 1 atom stereocenters. The molecule has 0 saturated carbocycles. The molecule has 64 valence electrons. The van der Waals surface area contributed by atoms with E-state index in [9.17, 15) is 0 Å². The molecule has 0 amide bonds. The molecule has 1 aliphatic heterocycles. The highest BCUT2D eigenvalue weighted by Crippen LogP contribution is 2.35. The molecule has 1 unspecified atom stereocenters. The van der Waals surface area contributed by atoms with Crippen molar-refractivity contribution in [2.24, 2.45) is 11.1 Å². The van der Waals surface area contributed by atoms with E-state index < -0.39 is 0 Å². The minimum atomic E-state index is -0.00231. The second kappa shape index (κ2) is 2.20. The Morgan fingerprint density at radius 2 is 2.33 bits per heavy atom. The van der Waals surface area contributed by atoms with Crippen molar-refractivity contribution in [3.05, 3.63) is 24.3 Å². The van der Waals surface area contributed by atoms with Crippen LogP contribution in [0.4, 0.5) is 0 Å². The average molecular weight is 163 g/mol. The van der Waals surface area contributed by atoms with Gasteiger partial charge in [-0.15, -0.1) is 0 Å². The van der Waals surface area contributed by atoms with Crippen LogP contribution in [0.5, 0.6) is 0 Å². The summed E-state index contributed by atoms with van der Waals surface area (Å²) in [7, 11) is 0. The van der Waals surface area contributed by atoms with E-state index in [1.54, 1.807) is 6.20 Å². The smallest absolute Gasteiger partial charge is 0.130 e. The molecule has 3 nitrogen and oxygen atoms in total. The van der Waals surface area contributed by atoms with Gasteiger partial charge in [-0.3, -0.25) is 0 Å². The van der Waals surface area contributed by atoms with E-state index in [0.29, 0.717) is 0 Å². The van der Waals surface area contributed by atoms with Crippen LogP contribution in [0.25, 0.3) is 6.20 Å². The van der Waals surface area contributed by atoms with Crippen LogP contribution in [0.1, 0.15) is 25.7 Å². The summed E-state index contributed by atoms with van der Waals surface area (Å²) in [6.07, 6.45) is 7.83. The van der Waals surface area contributed by atoms with Crippen molar-refractivity contribution in [1.29, 1.82) is 0 Å². The van der Waals surface area contributed by atoms with Gasteiger partial charge in [-0.2, -0.15) is 0 Å². The van der Waals surface area contributed by atoms with E-state index in [2.05, 4.69) is 24.9 Å². The molecule has 1 aliphatic rings. The van der Waals surface area contributed by atoms with Crippen molar-refractivity contribution in [3.63, 3.8) is 0 Å². The molecule has 1 aromatic heterocycles. The fourth-order valence-electron chi connectivity index (χ4n) is 1.40. The number of rotatable bonds is 0. The van der Waals surface area contributed by atoms with Crippen LogP contribution in [0, 0.1) is 5.41 Å². The third kappa shape index (κ3) is 0.898. The third-order valence-electron chi connectivity index (χ3n) is 2.44. The number of hydrogen-bond acceptors (Lipinski definition) is 2. The van der Waals surface area contributed by atoms with Crippen LogP contribution < -0.4 is 5.73 Å². The van der Waals surface area contributed by atoms with Crippen LogP contribution >= 0.6 is 0 Å². The number of fused-ring (bicyclic) bond motifs is 1. The molecule has 2 N–H and O–H groups in total. The highest BCUT2D eigenvalue weighted by Gasteiger charge is 2.30. The van der Waals surface area contributed by atoms with E-state index in [4.69, 9.17) is 5.73 Å². The lowest BCUT2D eigenvalue weighted by atomic mass is 9.83. The van der Waals surface area contributed by atoms with Crippen LogP contribution in [0.3, 0.4) is 0 Å². The lowest BCUT2D eigenvalue weighted by Gasteiger charge is -2.31. The number of nitrogens with two attached hydrogens (primary N) is 1. The van der Waals surface area contributed by atoms with Crippen molar-refractivity contribution in [1.82, 2.24) is 9.55 Å². The molecule has 0 fully saturated rings. The van der Waals surface area contributed by atoms with Crippen molar-refractivity contribution >= 4 is 6.20 Å². The van der Waals surface area contributed by atoms with Gasteiger partial charge in [0, 0.05) is 24.0 Å². The number of imidazole rings is 1. The van der Waals surface area contributed by atoms with Gasteiger partial charge in [-0.05, 0) is 0 Å². The summed E-state index contributed by atoms with van der Waals surface area (Å²) >= 11 is 0. The zero-order valence-corrected chi connectivity index (χ0v) is 7.36. The van der Waals surface area contributed by atoms with Crippen molar-refractivity contribution in [3.8, 4) is 0 Å². The third-order valence-corrected chi connectivity index (χ3v) is 2.44. The number of nitrogens with zero attached hydrogens (tertiary/aromatic N) is 2. The van der Waals surface area contributed by atoms with E-state index in [0.717, 1.165) is 5.82 Å². The zero-order valence-electron chi connectivity index (χ0n) is 7.36. The second-order valence-corrected chi connectivity index (χ2v) is 3.81. The molecule has 1 aromatic rings. The Balaban J connectivity index is 2.52. The molecule has 0 bridgehead atoms. The van der Waals surface area contributed by atoms with E-state index in [1.165, 1.54) is 0 Å². The van der Waals surface area contributed by atoms with Gasteiger partial charge in [0.15, 0.2) is 0 Å². The monoisotopic (exact) mass is 163 g/mol. The first-order valence-corrected chi connectivity index (χ1v) is 4.09. The summed E-state index contributed by atoms with van der Waals surface area (Å²) in [5.74, 6) is 0.947. The van der Waals surface area contributed by atoms with E-state index >= 15 is 0 Å². The van der Waals surface area contributed by atoms with Gasteiger partial charge < -0.3 is 10.3 Å². The Morgan fingerprint density at radius 3 is 3.08 bits per heavy atom. The minimum absolute atomic E-state index is 0.00231. The van der Waals surface area contributed by atoms with Gasteiger partial charge in [0.05, 0.1) is 6.04 Å². The highest BCUT2D eigenvalue weighted by molar-refractivity contribution is 5.34. The van der Waals surface area contributed by atoms with Gasteiger partial charge in [0.2, 0.25) is 0 Å². The number of hydrogen-bond donors (Lipinski definition) is 1. The Bertz CT molecular complexity index is 322. The Labute approximate surface area is 71.9 Å². The Hall–Kier alpha value is -1.09. The normalized spacial score (nSPS) is 25.4. The molecule has 0 aliphatic carbocycles. The lowest BCUT2D eigenvalue weighted by Crippen LogP contribution is -2.32. The predicted octanol–water partition coefficient (Wildman–Crippen LogP) is 1.39. The molecule has 3 heteroatoms. The van der Waals surface area contributed by atoms with Gasteiger partial charge in [-0.1, -0.05) is 19.9 Å². The maximum atomic E-state index is 6.03. The largest absolute Gasteiger partial charge is 0.321 e. The summed E-state index contributed by atoms with van der Waals surface area (Å²) in [4.78, 5) is 4.22. The first-order chi connectivity index (χ1) is 5.61. The van der Waals surface area contributed by atoms with Gasteiger partial charge in [0.1, 0.15) is 5.82 Å². The molecule has 0 aromatic carbocycles. The molecular weight excluding hydrogens is 150 g/mol. The van der Waals surface area contributed by atoms with Gasteiger partial charge in [-0.25, -0.2) is 4.98 Å². The standard InChI is InChI=1S/C9H13N3/c1-9(2)3-5-12-6-4-11-8(12)7(9)10/h3-7H,10H2,1-2H3. The molecule has 2 heterocycles. The fraction of sp³-hybridized carbons (Fsp3) is 0.444. The van der Waals surface area contributed by atoms with Crippen molar-refractivity contribution in [2.75, 3.05) is 0 Å². The van der Waals surface area contributed by atoms with Crippen molar-refractivity contribution in [2.45, 2.75) is 19.9 Å². The van der Waals surface area contributed by atoms with Crippen LogP contribution in [-0.2, 0) is 0 Å². The first kappa shape index (κ1) is 7.55. The van der Waals surface area contributed by atoms with Crippen LogP contribution in [0.2, 0.25) is 0 Å². The molecule has 0 saturated heterocycles. The summed E-state index contributed by atoms with van der Waals surface area (Å²) in [6, 6.07) is -0.00231. The predicted molar refractivity (Wildman–Crippen MR) is 48.3 cm³/mol. The molecule has 0 radical (unpaired) electrons. The topological polar surface area (TPSA) is 43.8 Å². The van der Waals surface area contributed by atoms with E-state index in [-0.39, 0.29) is 11.5 Å². The van der Waals surface area contributed by atoms with Gasteiger partial charge in [0.25, 0.3) is 0 Å². The van der Waals surface area contributed by atoms with Gasteiger partial charge >= 0.3 is 0 Å². The summed E-state index contributed by atoms with van der Waals surface area (Å²) in [6.45, 7) is 4.23. The molecule has 2 rings (SSSR count). The second-order valence-electron chi connectivity index (χ2n) is 3.81. The molecular formula is C9H13N3. The molecule has 12 heavy (non-hydrogen) atoms. The minimum Gasteiger partial charge on any atom is -0.321 e. The zero-order chi connectivity index (χ0) is 8.77. The highest BCUT2D eigenvalue weighted by atomic mass is 15.1. The summed E-state index contributed by atoms with van der Waals surface area (Å²) in [5.41, 5.74) is 6.05. The Morgan fingerprint density at radius 1 is 1.58 bits per heavy atom. The summed E-state index contributed by atoms with van der Waals surface area (Å²) < 4.78 is 1.97. The quantitative estimate of drug-likeness (QED) is 0.628. The fourth-order valence-corrected chi connectivity index (χ4v) is 1.40. The Kier molecular flexibility index (Phi) is 1.38. The van der Waals surface area contributed by atoms with Crippen LogP contribution in [-0.4, -0.2) is 9.55 Å². The average Bonchev–Trinajstić information content (AvgIpc) is 2.45. The lowest BCUT2D eigenvalue weighted by molar-refractivity contribution is 0.356. The van der Waals surface area contributed by atoms with Crippen molar-refractivity contribution < 1.29 is 0 Å². The number of aromatic nitrogens is 2. The first-order valence-electron chi connectivity index (χ1n) is 4.09. The SMILES string of the molecule is CC1(C)C=Cn2ccnc2C1N. The maximum Gasteiger partial charge on any atom is 0.130 e. The molecule has 0 spiro atoms. The van der Waals surface area contributed by atoms with E-state index in [1.807, 2.05) is 17.0 Å². The summed E-state index contributed by atoms with van der Waals surface area (Å²) in [5, 5.41) is 0.